The molecule has 0 saturated heterocycles. The lowest BCUT2D eigenvalue weighted by Crippen LogP contribution is -2.52. The molecule has 2 amide bonds. The number of anilines is 1. The molecular formula is C22H27BrClN3O4S. The molecule has 0 spiro atoms. The van der Waals surface area contributed by atoms with Crippen molar-refractivity contribution in [1.29, 1.82) is 0 Å². The predicted molar refractivity (Wildman–Crippen MR) is 131 cm³/mol. The molecule has 0 radical (unpaired) electrons. The summed E-state index contributed by atoms with van der Waals surface area (Å²) in [6.07, 6.45) is 1.03. The molecule has 10 heteroatoms. The molecule has 0 unspecified atom stereocenters. The molecule has 174 valence electrons. The highest BCUT2D eigenvalue weighted by atomic mass is 79.9. The van der Waals surface area contributed by atoms with Gasteiger partial charge in [0.2, 0.25) is 21.8 Å². The van der Waals surface area contributed by atoms with Gasteiger partial charge in [0, 0.05) is 22.1 Å². The van der Waals surface area contributed by atoms with E-state index in [1.165, 1.54) is 17.0 Å². The topological polar surface area (TPSA) is 86.8 Å². The Hall–Kier alpha value is -2.10. The highest BCUT2D eigenvalue weighted by molar-refractivity contribution is 9.10. The zero-order valence-corrected chi connectivity index (χ0v) is 21.5. The SMILES string of the molecule is CC(C)NC(=O)[C@@H](C)N(Cc1ccc(Br)cc1)C(=O)CN(c1ccc(Cl)cc1)S(C)(=O)=O. The second-order valence-electron chi connectivity index (χ2n) is 7.73. The van der Waals surface area contributed by atoms with Crippen LogP contribution >= 0.6 is 27.5 Å². The fourth-order valence-corrected chi connectivity index (χ4v) is 4.24. The third-order valence-corrected chi connectivity index (χ3v) is 6.58. The number of rotatable bonds is 9. The third kappa shape index (κ3) is 7.50. The summed E-state index contributed by atoms with van der Waals surface area (Å²) in [7, 11) is -3.77. The molecular weight excluding hydrogens is 518 g/mol. The standard InChI is InChI=1S/C22H27BrClN3O4S/c1-15(2)25-22(29)16(3)26(13-17-5-7-18(23)8-6-17)21(28)14-27(32(4,30)31)20-11-9-19(24)10-12-20/h5-12,15-16H,13-14H2,1-4H3,(H,25,29)/t16-/m1/s1. The van der Waals surface area contributed by atoms with Gasteiger partial charge in [0.15, 0.2) is 0 Å². The lowest BCUT2D eigenvalue weighted by atomic mass is 10.1. The monoisotopic (exact) mass is 543 g/mol. The van der Waals surface area contributed by atoms with Gasteiger partial charge in [0.1, 0.15) is 12.6 Å². The van der Waals surface area contributed by atoms with Crippen molar-refractivity contribution in [2.24, 2.45) is 0 Å². The highest BCUT2D eigenvalue weighted by Gasteiger charge is 2.30. The van der Waals surface area contributed by atoms with Crippen LogP contribution in [0, 0.1) is 0 Å². The number of hydrogen-bond acceptors (Lipinski definition) is 4. The Balaban J connectivity index is 2.36. The Morgan fingerprint density at radius 3 is 2.09 bits per heavy atom. The summed E-state index contributed by atoms with van der Waals surface area (Å²) in [5, 5.41) is 3.26. The van der Waals surface area contributed by atoms with Gasteiger partial charge in [-0.3, -0.25) is 13.9 Å². The van der Waals surface area contributed by atoms with Gasteiger partial charge in [0.25, 0.3) is 0 Å². The maximum absolute atomic E-state index is 13.3. The van der Waals surface area contributed by atoms with Crippen molar-refractivity contribution in [2.45, 2.75) is 39.4 Å². The predicted octanol–water partition coefficient (Wildman–Crippen LogP) is 3.81. The summed E-state index contributed by atoms with van der Waals surface area (Å²) in [5.74, 6) is -0.817. The molecule has 0 aliphatic carbocycles. The second kappa shape index (κ2) is 11.2. The molecule has 0 aromatic heterocycles. The first-order chi connectivity index (χ1) is 14.9. The summed E-state index contributed by atoms with van der Waals surface area (Å²) < 4.78 is 26.8. The second-order valence-corrected chi connectivity index (χ2v) is 11.0. The highest BCUT2D eigenvalue weighted by Crippen LogP contribution is 2.21. The van der Waals surface area contributed by atoms with Crippen molar-refractivity contribution in [2.75, 3.05) is 17.1 Å². The van der Waals surface area contributed by atoms with Gasteiger partial charge >= 0.3 is 0 Å². The van der Waals surface area contributed by atoms with Gasteiger partial charge in [-0.15, -0.1) is 0 Å². The molecule has 1 N–H and O–H groups in total. The number of sulfonamides is 1. The van der Waals surface area contributed by atoms with Gasteiger partial charge in [-0.2, -0.15) is 0 Å². The number of halogens is 2. The van der Waals surface area contributed by atoms with Gasteiger partial charge in [-0.05, 0) is 62.7 Å². The van der Waals surface area contributed by atoms with Gasteiger partial charge in [-0.1, -0.05) is 39.7 Å². The molecule has 0 aliphatic rings. The minimum absolute atomic E-state index is 0.101. The van der Waals surface area contributed by atoms with Crippen LogP contribution in [0.25, 0.3) is 0 Å². The number of carbonyl (C=O) groups excluding carboxylic acids is 2. The number of carbonyl (C=O) groups is 2. The van der Waals surface area contributed by atoms with Crippen molar-refractivity contribution < 1.29 is 18.0 Å². The minimum atomic E-state index is -3.77. The molecule has 0 heterocycles. The van der Waals surface area contributed by atoms with E-state index >= 15 is 0 Å². The van der Waals surface area contributed by atoms with Crippen LogP contribution < -0.4 is 9.62 Å². The van der Waals surface area contributed by atoms with Crippen molar-refractivity contribution in [3.8, 4) is 0 Å². The van der Waals surface area contributed by atoms with Crippen LogP contribution in [0.5, 0.6) is 0 Å². The molecule has 0 fully saturated rings. The first-order valence-electron chi connectivity index (χ1n) is 9.96. The Morgan fingerprint density at radius 1 is 1.03 bits per heavy atom. The maximum Gasteiger partial charge on any atom is 0.244 e. The number of amides is 2. The van der Waals surface area contributed by atoms with E-state index in [4.69, 9.17) is 11.6 Å². The fourth-order valence-electron chi connectivity index (χ4n) is 3.00. The van der Waals surface area contributed by atoms with Crippen LogP contribution in [-0.4, -0.2) is 50.0 Å². The van der Waals surface area contributed by atoms with Crippen molar-refractivity contribution in [3.05, 3.63) is 63.6 Å². The zero-order chi connectivity index (χ0) is 24.1. The van der Waals surface area contributed by atoms with Crippen molar-refractivity contribution in [3.63, 3.8) is 0 Å². The Labute approximate surface area is 202 Å². The fraction of sp³-hybridized carbons (Fsp3) is 0.364. The summed E-state index contributed by atoms with van der Waals surface area (Å²) in [4.78, 5) is 27.4. The van der Waals surface area contributed by atoms with E-state index in [1.807, 2.05) is 38.1 Å². The number of hydrogen-bond donors (Lipinski definition) is 1. The first-order valence-corrected chi connectivity index (χ1v) is 13.0. The van der Waals surface area contributed by atoms with Crippen LogP contribution in [0.2, 0.25) is 5.02 Å². The third-order valence-electron chi connectivity index (χ3n) is 4.66. The average Bonchev–Trinajstić information content (AvgIpc) is 2.70. The number of benzene rings is 2. The molecule has 2 aromatic rings. The van der Waals surface area contributed by atoms with E-state index in [0.717, 1.165) is 20.6 Å². The summed E-state index contributed by atoms with van der Waals surface area (Å²) in [6.45, 7) is 4.99. The Kier molecular flexibility index (Phi) is 9.12. The smallest absolute Gasteiger partial charge is 0.244 e. The van der Waals surface area contributed by atoms with Gasteiger partial charge < -0.3 is 10.2 Å². The summed E-state index contributed by atoms with van der Waals surface area (Å²) in [5.41, 5.74) is 1.12. The number of nitrogens with zero attached hydrogens (tertiary/aromatic N) is 2. The molecule has 0 aliphatic heterocycles. The van der Waals surface area contributed by atoms with E-state index in [0.29, 0.717) is 10.7 Å². The van der Waals surface area contributed by atoms with E-state index in [9.17, 15) is 18.0 Å². The first kappa shape index (κ1) is 26.2. The summed E-state index contributed by atoms with van der Waals surface area (Å²) >= 11 is 9.29. The van der Waals surface area contributed by atoms with Gasteiger partial charge in [0.05, 0.1) is 11.9 Å². The average molecular weight is 545 g/mol. The maximum atomic E-state index is 13.3. The largest absolute Gasteiger partial charge is 0.352 e. The number of nitrogens with one attached hydrogen (secondary N) is 1. The molecule has 2 rings (SSSR count). The quantitative estimate of drug-likeness (QED) is 0.520. The van der Waals surface area contributed by atoms with Crippen molar-refractivity contribution >= 4 is 55.1 Å². The lowest BCUT2D eigenvalue weighted by Gasteiger charge is -2.32. The normalized spacial score (nSPS) is 12.3. The molecule has 0 bridgehead atoms. The Morgan fingerprint density at radius 2 is 1.59 bits per heavy atom. The van der Waals surface area contributed by atoms with Crippen LogP contribution in [0.15, 0.2) is 53.0 Å². The van der Waals surface area contributed by atoms with E-state index in [1.54, 1.807) is 19.1 Å². The lowest BCUT2D eigenvalue weighted by molar-refractivity contribution is -0.139. The molecule has 1 atom stereocenters. The van der Waals surface area contributed by atoms with E-state index < -0.39 is 28.5 Å². The molecule has 32 heavy (non-hydrogen) atoms. The van der Waals surface area contributed by atoms with Crippen LogP contribution in [0.4, 0.5) is 5.69 Å². The molecule has 2 aromatic carbocycles. The minimum Gasteiger partial charge on any atom is -0.352 e. The van der Waals surface area contributed by atoms with Crippen LogP contribution in [0.1, 0.15) is 26.3 Å². The van der Waals surface area contributed by atoms with E-state index in [-0.39, 0.29) is 18.5 Å². The van der Waals surface area contributed by atoms with Gasteiger partial charge in [-0.25, -0.2) is 8.42 Å². The van der Waals surface area contributed by atoms with Crippen LogP contribution in [0.3, 0.4) is 0 Å². The van der Waals surface area contributed by atoms with Crippen LogP contribution in [-0.2, 0) is 26.2 Å². The van der Waals surface area contributed by atoms with Crippen molar-refractivity contribution in [1.82, 2.24) is 10.2 Å². The Bertz CT molecular complexity index is 1040. The summed E-state index contributed by atoms with van der Waals surface area (Å²) in [6, 6.07) is 12.6. The van der Waals surface area contributed by atoms with E-state index in [2.05, 4.69) is 21.2 Å². The molecule has 7 nitrogen and oxygen atoms in total. The zero-order valence-electron chi connectivity index (χ0n) is 18.4. The molecule has 0 saturated carbocycles.